The molecule has 1 aromatic carbocycles. The SMILES string of the molecule is CN=C(NCCc1cc(Cl)c2c(c1)OCCO2)NCc1c(C)nn(C)c1C. The molecule has 8 heteroatoms. The molecule has 2 N–H and O–H groups in total. The molecule has 0 aliphatic carbocycles. The highest BCUT2D eigenvalue weighted by atomic mass is 35.5. The van der Waals surface area contributed by atoms with Crippen LogP contribution in [0.5, 0.6) is 11.5 Å². The van der Waals surface area contributed by atoms with E-state index in [1.165, 1.54) is 5.56 Å². The predicted octanol–water partition coefficient (Wildman–Crippen LogP) is 2.37. The van der Waals surface area contributed by atoms with Crippen molar-refractivity contribution in [1.82, 2.24) is 20.4 Å². The third kappa shape index (κ3) is 4.47. The van der Waals surface area contributed by atoms with Crippen molar-refractivity contribution in [1.29, 1.82) is 0 Å². The van der Waals surface area contributed by atoms with Gasteiger partial charge < -0.3 is 20.1 Å². The number of benzene rings is 1. The van der Waals surface area contributed by atoms with Gasteiger partial charge in [-0.2, -0.15) is 5.10 Å². The third-order valence-electron chi connectivity index (χ3n) is 4.68. The fraction of sp³-hybridized carbons (Fsp3) is 0.474. The van der Waals surface area contributed by atoms with Gasteiger partial charge in [0.15, 0.2) is 17.5 Å². The lowest BCUT2D eigenvalue weighted by Gasteiger charge is -2.20. The first-order valence-electron chi connectivity index (χ1n) is 9.01. The molecule has 7 nitrogen and oxygen atoms in total. The molecule has 2 aromatic rings. The first-order chi connectivity index (χ1) is 13.0. The molecule has 0 radical (unpaired) electrons. The maximum atomic E-state index is 6.30. The van der Waals surface area contributed by atoms with E-state index >= 15 is 0 Å². The minimum atomic E-state index is 0.533. The maximum Gasteiger partial charge on any atom is 0.191 e. The van der Waals surface area contributed by atoms with Gasteiger partial charge in [-0.05, 0) is 38.0 Å². The zero-order chi connectivity index (χ0) is 19.4. The smallest absolute Gasteiger partial charge is 0.191 e. The Morgan fingerprint density at radius 1 is 1.26 bits per heavy atom. The number of halogens is 1. The summed E-state index contributed by atoms with van der Waals surface area (Å²) in [6, 6.07) is 3.91. The van der Waals surface area contributed by atoms with Crippen molar-refractivity contribution >= 4 is 17.6 Å². The van der Waals surface area contributed by atoms with Crippen LogP contribution < -0.4 is 20.1 Å². The fourth-order valence-corrected chi connectivity index (χ4v) is 3.39. The summed E-state index contributed by atoms with van der Waals surface area (Å²) in [5.74, 6) is 2.11. The van der Waals surface area contributed by atoms with Crippen LogP contribution in [0.15, 0.2) is 17.1 Å². The van der Waals surface area contributed by atoms with E-state index < -0.39 is 0 Å². The topological polar surface area (TPSA) is 72.7 Å². The minimum absolute atomic E-state index is 0.533. The van der Waals surface area contributed by atoms with E-state index in [1.54, 1.807) is 7.05 Å². The average Bonchev–Trinajstić information content (AvgIpc) is 2.90. The first-order valence-corrected chi connectivity index (χ1v) is 9.39. The summed E-state index contributed by atoms with van der Waals surface area (Å²) < 4.78 is 13.1. The molecule has 0 saturated carbocycles. The minimum Gasteiger partial charge on any atom is -0.486 e. The van der Waals surface area contributed by atoms with Crippen molar-refractivity contribution in [3.05, 3.63) is 39.7 Å². The van der Waals surface area contributed by atoms with Gasteiger partial charge in [0.05, 0.1) is 10.7 Å². The van der Waals surface area contributed by atoms with Gasteiger partial charge in [0.1, 0.15) is 13.2 Å². The van der Waals surface area contributed by atoms with Crippen molar-refractivity contribution in [3.8, 4) is 11.5 Å². The van der Waals surface area contributed by atoms with Crippen LogP contribution in [0.3, 0.4) is 0 Å². The van der Waals surface area contributed by atoms with E-state index in [-0.39, 0.29) is 0 Å². The number of aryl methyl sites for hydroxylation is 2. The number of nitrogens with one attached hydrogen (secondary N) is 2. The fourth-order valence-electron chi connectivity index (χ4n) is 3.10. The first kappa shape index (κ1) is 19.4. The molecule has 0 unspecified atom stereocenters. The number of rotatable bonds is 5. The molecular weight excluding hydrogens is 366 g/mol. The van der Waals surface area contributed by atoms with E-state index in [0.29, 0.717) is 36.3 Å². The monoisotopic (exact) mass is 391 g/mol. The number of guanidine groups is 1. The highest BCUT2D eigenvalue weighted by Gasteiger charge is 2.16. The second-order valence-corrected chi connectivity index (χ2v) is 6.88. The molecule has 0 bridgehead atoms. The van der Waals surface area contributed by atoms with Crippen LogP contribution in [0.2, 0.25) is 5.02 Å². The van der Waals surface area contributed by atoms with Crippen molar-refractivity contribution in [3.63, 3.8) is 0 Å². The summed E-state index contributed by atoms with van der Waals surface area (Å²) in [6.45, 7) is 6.58. The zero-order valence-corrected chi connectivity index (χ0v) is 17.0. The summed E-state index contributed by atoms with van der Waals surface area (Å²) >= 11 is 6.30. The number of aromatic nitrogens is 2. The van der Waals surface area contributed by atoms with Crippen LogP contribution in [0.1, 0.15) is 22.5 Å². The highest BCUT2D eigenvalue weighted by molar-refractivity contribution is 6.32. The Morgan fingerprint density at radius 2 is 2.04 bits per heavy atom. The summed E-state index contributed by atoms with van der Waals surface area (Å²) in [5, 5.41) is 11.7. The van der Waals surface area contributed by atoms with Crippen LogP contribution in [-0.2, 0) is 20.0 Å². The molecule has 27 heavy (non-hydrogen) atoms. The Hall–Kier alpha value is -2.41. The molecule has 1 aliphatic rings. The summed E-state index contributed by atoms with van der Waals surface area (Å²) in [5.41, 5.74) is 4.47. The summed E-state index contributed by atoms with van der Waals surface area (Å²) in [4.78, 5) is 4.28. The summed E-state index contributed by atoms with van der Waals surface area (Å²) in [7, 11) is 3.72. The quantitative estimate of drug-likeness (QED) is 0.604. The Labute approximate surface area is 164 Å². The van der Waals surface area contributed by atoms with Crippen LogP contribution in [0, 0.1) is 13.8 Å². The average molecular weight is 392 g/mol. The molecule has 1 aromatic heterocycles. The molecule has 146 valence electrons. The van der Waals surface area contributed by atoms with Gasteiger partial charge in [0.2, 0.25) is 0 Å². The highest BCUT2D eigenvalue weighted by Crippen LogP contribution is 2.38. The van der Waals surface area contributed by atoms with Gasteiger partial charge in [-0.1, -0.05) is 11.6 Å². The number of nitrogens with zero attached hydrogens (tertiary/aromatic N) is 3. The van der Waals surface area contributed by atoms with E-state index in [4.69, 9.17) is 21.1 Å². The van der Waals surface area contributed by atoms with E-state index in [2.05, 4.69) is 27.6 Å². The Morgan fingerprint density at radius 3 is 2.74 bits per heavy atom. The molecule has 0 amide bonds. The molecule has 0 saturated heterocycles. The molecule has 2 heterocycles. The molecule has 0 spiro atoms. The van der Waals surface area contributed by atoms with Gasteiger partial charge in [-0.15, -0.1) is 0 Å². The van der Waals surface area contributed by atoms with E-state index in [1.807, 2.05) is 30.8 Å². The second-order valence-electron chi connectivity index (χ2n) is 6.48. The van der Waals surface area contributed by atoms with E-state index in [9.17, 15) is 0 Å². The number of hydrogen-bond donors (Lipinski definition) is 2. The second kappa shape index (κ2) is 8.52. The van der Waals surface area contributed by atoms with Crippen LogP contribution in [0.25, 0.3) is 0 Å². The number of hydrogen-bond acceptors (Lipinski definition) is 4. The lowest BCUT2D eigenvalue weighted by molar-refractivity contribution is 0.171. The van der Waals surface area contributed by atoms with Gasteiger partial charge in [-0.25, -0.2) is 0 Å². The molecule has 1 aliphatic heterocycles. The molecule has 3 rings (SSSR count). The van der Waals surface area contributed by atoms with Crippen LogP contribution in [-0.4, -0.2) is 42.5 Å². The third-order valence-corrected chi connectivity index (χ3v) is 4.96. The Balaban J connectivity index is 1.54. The van der Waals surface area contributed by atoms with Crippen molar-refractivity contribution < 1.29 is 9.47 Å². The van der Waals surface area contributed by atoms with Gasteiger partial charge >= 0.3 is 0 Å². The standard InChI is InChI=1S/C19H26ClN5O2/c1-12-15(13(2)25(4)24-12)11-23-19(21-3)22-6-5-14-9-16(20)18-17(10-14)26-7-8-27-18/h9-10H,5-8,11H2,1-4H3,(H2,21,22,23). The lowest BCUT2D eigenvalue weighted by Crippen LogP contribution is -2.38. The van der Waals surface area contributed by atoms with Crippen molar-refractivity contribution in [2.75, 3.05) is 26.8 Å². The predicted molar refractivity (Wildman–Crippen MR) is 107 cm³/mol. The van der Waals surface area contributed by atoms with Crippen molar-refractivity contribution in [2.24, 2.45) is 12.0 Å². The Bertz CT molecular complexity index is 847. The molecular formula is C19H26ClN5O2. The number of aliphatic imine (C=N–C) groups is 1. The van der Waals surface area contributed by atoms with Gasteiger partial charge in [0, 0.05) is 38.4 Å². The zero-order valence-electron chi connectivity index (χ0n) is 16.2. The van der Waals surface area contributed by atoms with Crippen molar-refractivity contribution in [2.45, 2.75) is 26.8 Å². The van der Waals surface area contributed by atoms with Crippen LogP contribution in [0.4, 0.5) is 0 Å². The number of ether oxygens (including phenoxy) is 2. The molecule has 0 fully saturated rings. The maximum absolute atomic E-state index is 6.30. The normalized spacial score (nSPS) is 13.6. The van der Waals surface area contributed by atoms with Gasteiger partial charge in [-0.3, -0.25) is 9.67 Å². The Kier molecular flexibility index (Phi) is 6.11. The summed E-state index contributed by atoms with van der Waals surface area (Å²) in [6.07, 6.45) is 0.794. The lowest BCUT2D eigenvalue weighted by atomic mass is 10.1. The number of fused-ring (bicyclic) bond motifs is 1. The van der Waals surface area contributed by atoms with Gasteiger partial charge in [0.25, 0.3) is 0 Å². The van der Waals surface area contributed by atoms with Crippen LogP contribution >= 0.6 is 11.6 Å². The van der Waals surface area contributed by atoms with E-state index in [0.717, 1.165) is 35.9 Å². The molecule has 0 atom stereocenters. The largest absolute Gasteiger partial charge is 0.486 e.